The van der Waals surface area contributed by atoms with E-state index in [0.29, 0.717) is 5.41 Å². The Kier molecular flexibility index (Phi) is 3.02. The summed E-state index contributed by atoms with van der Waals surface area (Å²) in [5, 5.41) is 8.63. The summed E-state index contributed by atoms with van der Waals surface area (Å²) < 4.78 is 0. The zero-order chi connectivity index (χ0) is 11.1. The zero-order valence-electron chi connectivity index (χ0n) is 9.53. The van der Waals surface area contributed by atoms with Crippen LogP contribution in [-0.4, -0.2) is 22.6 Å². The van der Waals surface area contributed by atoms with E-state index >= 15 is 0 Å². The molecule has 2 unspecified atom stereocenters. The number of thioether (sulfide) groups is 1. The van der Waals surface area contributed by atoms with Crippen LogP contribution in [0.5, 0.6) is 0 Å². The second-order valence-electron chi connectivity index (χ2n) is 5.61. The molecule has 86 valence electrons. The first-order valence-corrected chi connectivity index (χ1v) is 6.97. The Bertz CT molecular complexity index is 262. The van der Waals surface area contributed by atoms with Gasteiger partial charge in [0.2, 0.25) is 0 Å². The number of fused-ring (bicyclic) bond motifs is 2. The van der Waals surface area contributed by atoms with Crippen molar-refractivity contribution in [3.8, 4) is 0 Å². The Balaban J connectivity index is 1.89. The van der Waals surface area contributed by atoms with Gasteiger partial charge in [0.15, 0.2) is 0 Å². The average Bonchev–Trinajstić information content (AvgIpc) is 2.66. The van der Waals surface area contributed by atoms with Crippen molar-refractivity contribution in [2.45, 2.75) is 33.1 Å². The van der Waals surface area contributed by atoms with Crippen molar-refractivity contribution in [3.63, 3.8) is 0 Å². The van der Waals surface area contributed by atoms with Gasteiger partial charge in [-0.05, 0) is 48.2 Å². The van der Waals surface area contributed by atoms with Crippen LogP contribution in [0.3, 0.4) is 0 Å². The van der Waals surface area contributed by atoms with Gasteiger partial charge in [0.1, 0.15) is 0 Å². The highest BCUT2D eigenvalue weighted by Gasteiger charge is 2.52. The average molecular weight is 228 g/mol. The minimum atomic E-state index is -0.680. The molecule has 2 aliphatic carbocycles. The summed E-state index contributed by atoms with van der Waals surface area (Å²) in [4.78, 5) is 10.5. The van der Waals surface area contributed by atoms with Crippen LogP contribution >= 0.6 is 11.8 Å². The first kappa shape index (κ1) is 11.3. The summed E-state index contributed by atoms with van der Waals surface area (Å²) in [7, 11) is 0. The van der Waals surface area contributed by atoms with E-state index in [-0.39, 0.29) is 5.75 Å². The molecule has 0 saturated heterocycles. The molecule has 0 aromatic heterocycles. The third-order valence-corrected chi connectivity index (χ3v) is 5.62. The SMILES string of the molecule is CC1(C)C2CCC(C2)[C@@H]1CSCC(=O)O. The molecule has 2 aliphatic rings. The van der Waals surface area contributed by atoms with Crippen LogP contribution in [-0.2, 0) is 4.79 Å². The molecule has 15 heavy (non-hydrogen) atoms. The fourth-order valence-electron chi connectivity index (χ4n) is 3.59. The number of carboxylic acids is 1. The Hall–Kier alpha value is -0.180. The van der Waals surface area contributed by atoms with E-state index in [0.717, 1.165) is 23.5 Å². The van der Waals surface area contributed by atoms with Crippen molar-refractivity contribution in [3.05, 3.63) is 0 Å². The van der Waals surface area contributed by atoms with Gasteiger partial charge >= 0.3 is 5.97 Å². The van der Waals surface area contributed by atoms with E-state index in [1.165, 1.54) is 19.3 Å². The molecular formula is C12H20O2S. The zero-order valence-corrected chi connectivity index (χ0v) is 10.3. The molecule has 0 radical (unpaired) electrons. The molecule has 0 amide bonds. The van der Waals surface area contributed by atoms with Crippen molar-refractivity contribution < 1.29 is 9.90 Å². The number of rotatable bonds is 4. The molecular weight excluding hydrogens is 208 g/mol. The first-order chi connectivity index (χ1) is 7.01. The third-order valence-electron chi connectivity index (χ3n) is 4.57. The van der Waals surface area contributed by atoms with Gasteiger partial charge < -0.3 is 5.11 Å². The van der Waals surface area contributed by atoms with Crippen LogP contribution in [0.2, 0.25) is 0 Å². The van der Waals surface area contributed by atoms with E-state index in [4.69, 9.17) is 5.11 Å². The third kappa shape index (κ3) is 2.03. The standard InChI is InChI=1S/C12H20O2S/c1-12(2)9-4-3-8(5-9)10(12)6-15-7-11(13)14/h8-10H,3-7H2,1-2H3,(H,13,14)/t8?,9?,10-/m0/s1. The molecule has 3 atom stereocenters. The molecule has 0 spiro atoms. The van der Waals surface area contributed by atoms with Gasteiger partial charge in [-0.15, -0.1) is 11.8 Å². The van der Waals surface area contributed by atoms with Crippen molar-refractivity contribution in [1.29, 1.82) is 0 Å². The summed E-state index contributed by atoms with van der Waals surface area (Å²) >= 11 is 1.60. The van der Waals surface area contributed by atoms with Gasteiger partial charge in [-0.2, -0.15) is 0 Å². The molecule has 0 heterocycles. The summed E-state index contributed by atoms with van der Waals surface area (Å²) in [5.74, 6) is 3.16. The topological polar surface area (TPSA) is 37.3 Å². The number of hydrogen-bond acceptors (Lipinski definition) is 2. The van der Waals surface area contributed by atoms with Gasteiger partial charge in [0, 0.05) is 0 Å². The van der Waals surface area contributed by atoms with E-state index in [1.807, 2.05) is 0 Å². The molecule has 2 fully saturated rings. The maximum absolute atomic E-state index is 10.5. The Morgan fingerprint density at radius 1 is 1.47 bits per heavy atom. The molecule has 0 aromatic rings. The monoisotopic (exact) mass is 228 g/mol. The van der Waals surface area contributed by atoms with Crippen LogP contribution in [0.1, 0.15) is 33.1 Å². The van der Waals surface area contributed by atoms with Gasteiger partial charge in [-0.1, -0.05) is 13.8 Å². The molecule has 3 heteroatoms. The van der Waals surface area contributed by atoms with Crippen LogP contribution in [0.25, 0.3) is 0 Å². The first-order valence-electron chi connectivity index (χ1n) is 5.81. The summed E-state index contributed by atoms with van der Waals surface area (Å²) in [6.45, 7) is 4.76. The minimum Gasteiger partial charge on any atom is -0.481 e. The van der Waals surface area contributed by atoms with E-state index in [2.05, 4.69) is 13.8 Å². The van der Waals surface area contributed by atoms with Crippen LogP contribution in [0, 0.1) is 23.2 Å². The summed E-state index contributed by atoms with van der Waals surface area (Å²) in [6, 6.07) is 0. The van der Waals surface area contributed by atoms with Gasteiger partial charge in [-0.3, -0.25) is 4.79 Å². The fourth-order valence-corrected chi connectivity index (χ4v) is 4.84. The van der Waals surface area contributed by atoms with Crippen molar-refractivity contribution in [2.75, 3.05) is 11.5 Å². The maximum atomic E-state index is 10.5. The lowest BCUT2D eigenvalue weighted by Gasteiger charge is -2.38. The molecule has 2 saturated carbocycles. The quantitative estimate of drug-likeness (QED) is 0.804. The normalized spacial score (nSPS) is 37.1. The second kappa shape index (κ2) is 4.00. The minimum absolute atomic E-state index is 0.268. The van der Waals surface area contributed by atoms with E-state index in [1.54, 1.807) is 11.8 Å². The van der Waals surface area contributed by atoms with Crippen molar-refractivity contribution in [1.82, 2.24) is 0 Å². The number of carboxylic acid groups (broad SMARTS) is 1. The Morgan fingerprint density at radius 2 is 2.20 bits per heavy atom. The number of carbonyl (C=O) groups is 1. The van der Waals surface area contributed by atoms with E-state index in [9.17, 15) is 4.79 Å². The van der Waals surface area contributed by atoms with Crippen LogP contribution in [0.4, 0.5) is 0 Å². The lowest BCUT2D eigenvalue weighted by molar-refractivity contribution is -0.133. The molecule has 1 N–H and O–H groups in total. The van der Waals surface area contributed by atoms with Gasteiger partial charge in [-0.25, -0.2) is 0 Å². The fraction of sp³-hybridized carbons (Fsp3) is 0.917. The smallest absolute Gasteiger partial charge is 0.313 e. The molecule has 0 aromatic carbocycles. The highest BCUT2D eigenvalue weighted by atomic mass is 32.2. The largest absolute Gasteiger partial charge is 0.481 e. The molecule has 2 bridgehead atoms. The molecule has 2 rings (SSSR count). The number of hydrogen-bond donors (Lipinski definition) is 1. The van der Waals surface area contributed by atoms with Crippen molar-refractivity contribution in [2.24, 2.45) is 23.2 Å². The Labute approximate surface area is 95.8 Å². The molecule has 2 nitrogen and oxygen atoms in total. The highest BCUT2D eigenvalue weighted by molar-refractivity contribution is 7.99. The lowest BCUT2D eigenvalue weighted by Crippen LogP contribution is -2.32. The Morgan fingerprint density at radius 3 is 2.73 bits per heavy atom. The van der Waals surface area contributed by atoms with Crippen LogP contribution < -0.4 is 0 Å². The predicted octanol–water partition coefficient (Wildman–Crippen LogP) is 2.88. The number of aliphatic carboxylic acids is 1. The summed E-state index contributed by atoms with van der Waals surface area (Å²) in [5.41, 5.74) is 0.453. The molecule has 0 aliphatic heterocycles. The van der Waals surface area contributed by atoms with Crippen LogP contribution in [0.15, 0.2) is 0 Å². The van der Waals surface area contributed by atoms with Crippen molar-refractivity contribution >= 4 is 17.7 Å². The second-order valence-corrected chi connectivity index (χ2v) is 6.64. The predicted molar refractivity (Wildman–Crippen MR) is 63.1 cm³/mol. The summed E-state index contributed by atoms with van der Waals surface area (Å²) in [6.07, 6.45) is 4.18. The van der Waals surface area contributed by atoms with Gasteiger partial charge in [0.25, 0.3) is 0 Å². The maximum Gasteiger partial charge on any atom is 0.313 e. The van der Waals surface area contributed by atoms with E-state index < -0.39 is 5.97 Å². The highest BCUT2D eigenvalue weighted by Crippen LogP contribution is 2.59. The van der Waals surface area contributed by atoms with Gasteiger partial charge in [0.05, 0.1) is 5.75 Å². The lowest BCUT2D eigenvalue weighted by atomic mass is 9.69.